The number of imidazole rings is 1. The van der Waals surface area contributed by atoms with E-state index in [1.54, 1.807) is 25.3 Å². The van der Waals surface area contributed by atoms with Gasteiger partial charge in [-0.15, -0.1) is 0 Å². The van der Waals surface area contributed by atoms with Crippen LogP contribution in [0.3, 0.4) is 0 Å². The fourth-order valence-corrected chi connectivity index (χ4v) is 4.54. The van der Waals surface area contributed by atoms with Gasteiger partial charge in [-0.2, -0.15) is 0 Å². The largest absolute Gasteiger partial charge is 0.497 e. The van der Waals surface area contributed by atoms with Crippen LogP contribution in [0.1, 0.15) is 21.7 Å². The number of rotatable bonds is 12. The lowest BCUT2D eigenvalue weighted by Crippen LogP contribution is -2.22. The second kappa shape index (κ2) is 12.1. The van der Waals surface area contributed by atoms with E-state index in [-0.39, 0.29) is 13.2 Å². The molecule has 1 aromatic heterocycles. The number of benzene rings is 3. The van der Waals surface area contributed by atoms with E-state index in [2.05, 4.69) is 19.6 Å². The quantitative estimate of drug-likeness (QED) is 0.125. The number of ether oxygens (including phenoxy) is 4. The molecule has 0 N–H and O–H groups in total. The molecule has 0 spiro atoms. The van der Waals surface area contributed by atoms with Crippen molar-refractivity contribution in [1.29, 1.82) is 0 Å². The summed E-state index contributed by atoms with van der Waals surface area (Å²) < 4.78 is 25.1. The van der Waals surface area contributed by atoms with E-state index in [1.165, 1.54) is 0 Å². The summed E-state index contributed by atoms with van der Waals surface area (Å²) in [5, 5.41) is 0. The van der Waals surface area contributed by atoms with E-state index in [0.29, 0.717) is 30.5 Å². The third-order valence-electron chi connectivity index (χ3n) is 5.93. The molecule has 0 bridgehead atoms. The SMILES string of the molecule is COc1ccc2c(c1)nc(COc1ccccc1C(=O)OCc1ccccc1)n2COCC[Si](C)(C)C. The van der Waals surface area contributed by atoms with Crippen LogP contribution in [-0.2, 0) is 29.4 Å². The van der Waals surface area contributed by atoms with Crippen LogP contribution in [0.25, 0.3) is 11.0 Å². The van der Waals surface area contributed by atoms with Crippen molar-refractivity contribution >= 4 is 25.1 Å². The predicted octanol–water partition coefficient (Wildman–Crippen LogP) is 6.29. The molecule has 8 heteroatoms. The number of nitrogens with zero attached hydrogens (tertiary/aromatic N) is 2. The molecule has 0 aliphatic heterocycles. The highest BCUT2D eigenvalue weighted by Crippen LogP contribution is 2.25. The molecule has 0 aliphatic rings. The highest BCUT2D eigenvalue weighted by molar-refractivity contribution is 6.76. The molecule has 4 aromatic rings. The first-order valence-electron chi connectivity index (χ1n) is 12.4. The first kappa shape index (κ1) is 26.4. The first-order valence-corrected chi connectivity index (χ1v) is 16.1. The Kier molecular flexibility index (Phi) is 8.63. The lowest BCUT2D eigenvalue weighted by atomic mass is 10.2. The predicted molar refractivity (Wildman–Crippen MR) is 147 cm³/mol. The van der Waals surface area contributed by atoms with Crippen LogP contribution < -0.4 is 9.47 Å². The Morgan fingerprint density at radius 1 is 0.946 bits per heavy atom. The number of hydrogen-bond donors (Lipinski definition) is 0. The maximum Gasteiger partial charge on any atom is 0.342 e. The highest BCUT2D eigenvalue weighted by atomic mass is 28.3. The lowest BCUT2D eigenvalue weighted by Gasteiger charge is -2.17. The van der Waals surface area contributed by atoms with Crippen molar-refractivity contribution in [3.8, 4) is 11.5 Å². The second-order valence-corrected chi connectivity index (χ2v) is 15.6. The summed E-state index contributed by atoms with van der Waals surface area (Å²) in [4.78, 5) is 17.6. The third-order valence-corrected chi connectivity index (χ3v) is 7.63. The van der Waals surface area contributed by atoms with E-state index in [1.807, 2.05) is 59.2 Å². The van der Waals surface area contributed by atoms with Gasteiger partial charge in [-0.25, -0.2) is 9.78 Å². The van der Waals surface area contributed by atoms with Crippen molar-refractivity contribution < 1.29 is 23.7 Å². The summed E-state index contributed by atoms with van der Waals surface area (Å²) in [6.45, 7) is 8.41. The van der Waals surface area contributed by atoms with Gasteiger partial charge in [0.15, 0.2) is 0 Å². The van der Waals surface area contributed by atoms with Crippen molar-refractivity contribution in [2.45, 2.75) is 45.6 Å². The zero-order chi connectivity index (χ0) is 26.3. The molecule has 0 saturated carbocycles. The van der Waals surface area contributed by atoms with Gasteiger partial charge in [0.25, 0.3) is 0 Å². The van der Waals surface area contributed by atoms with Gasteiger partial charge in [0.05, 0.1) is 18.1 Å². The monoisotopic (exact) mass is 518 g/mol. The number of esters is 1. The lowest BCUT2D eigenvalue weighted by molar-refractivity contribution is 0.0466. The zero-order valence-electron chi connectivity index (χ0n) is 21.9. The summed E-state index contributed by atoms with van der Waals surface area (Å²) in [6.07, 6.45) is 0. The normalized spacial score (nSPS) is 11.5. The van der Waals surface area contributed by atoms with Gasteiger partial charge >= 0.3 is 5.97 Å². The minimum atomic E-state index is -1.20. The molecule has 194 valence electrons. The number of carbonyl (C=O) groups excluding carboxylic acids is 1. The molecular weight excluding hydrogens is 484 g/mol. The van der Waals surface area contributed by atoms with E-state index >= 15 is 0 Å². The maximum absolute atomic E-state index is 12.8. The molecule has 1 heterocycles. The average molecular weight is 519 g/mol. The molecular formula is C29H34N2O5Si. The van der Waals surface area contributed by atoms with Crippen molar-refractivity contribution in [3.63, 3.8) is 0 Å². The molecule has 0 saturated heterocycles. The van der Waals surface area contributed by atoms with Crippen molar-refractivity contribution in [1.82, 2.24) is 9.55 Å². The number of methoxy groups -OCH3 is 1. The Bertz CT molecular complexity index is 1330. The van der Waals surface area contributed by atoms with Crippen LogP contribution in [0.15, 0.2) is 72.8 Å². The Labute approximate surface area is 219 Å². The van der Waals surface area contributed by atoms with Gasteiger partial charge in [0.2, 0.25) is 0 Å². The topological polar surface area (TPSA) is 71.8 Å². The second-order valence-electron chi connectivity index (χ2n) is 10.0. The van der Waals surface area contributed by atoms with Crippen LogP contribution in [0.4, 0.5) is 0 Å². The summed E-state index contributed by atoms with van der Waals surface area (Å²) in [6, 6.07) is 23.5. The van der Waals surface area contributed by atoms with E-state index in [4.69, 9.17) is 23.9 Å². The Morgan fingerprint density at radius 3 is 2.46 bits per heavy atom. The molecule has 0 unspecified atom stereocenters. The minimum Gasteiger partial charge on any atom is -0.497 e. The number of aromatic nitrogens is 2. The fourth-order valence-electron chi connectivity index (χ4n) is 3.78. The van der Waals surface area contributed by atoms with Crippen LogP contribution in [-0.4, -0.2) is 37.3 Å². The third kappa shape index (κ3) is 7.21. The Morgan fingerprint density at radius 2 is 1.70 bits per heavy atom. The molecule has 0 amide bonds. The average Bonchev–Trinajstić information content (AvgIpc) is 3.25. The van der Waals surface area contributed by atoms with Gasteiger partial charge in [-0.05, 0) is 35.9 Å². The van der Waals surface area contributed by atoms with E-state index in [9.17, 15) is 4.79 Å². The molecule has 3 aromatic carbocycles. The Hall–Kier alpha value is -3.62. The van der Waals surface area contributed by atoms with E-state index in [0.717, 1.165) is 28.4 Å². The first-order chi connectivity index (χ1) is 17.8. The van der Waals surface area contributed by atoms with Crippen molar-refractivity contribution in [2.75, 3.05) is 13.7 Å². The molecule has 0 fully saturated rings. The van der Waals surface area contributed by atoms with Crippen molar-refractivity contribution in [2.24, 2.45) is 0 Å². The summed E-state index contributed by atoms with van der Waals surface area (Å²) in [5.74, 6) is 1.43. The van der Waals surface area contributed by atoms with Gasteiger partial charge in [-0.3, -0.25) is 0 Å². The number of hydrogen-bond acceptors (Lipinski definition) is 6. The molecule has 0 atom stereocenters. The van der Waals surface area contributed by atoms with Gasteiger partial charge in [-0.1, -0.05) is 62.1 Å². The van der Waals surface area contributed by atoms with Gasteiger partial charge in [0.1, 0.15) is 42.8 Å². The van der Waals surface area contributed by atoms with Crippen molar-refractivity contribution in [3.05, 3.63) is 89.7 Å². The molecule has 4 rings (SSSR count). The summed E-state index contributed by atoms with van der Waals surface area (Å²) in [7, 11) is 0.435. The molecule has 0 radical (unpaired) electrons. The fraction of sp³-hybridized carbons (Fsp3) is 0.310. The van der Waals surface area contributed by atoms with Crippen LogP contribution in [0, 0.1) is 0 Å². The smallest absolute Gasteiger partial charge is 0.342 e. The summed E-state index contributed by atoms with van der Waals surface area (Å²) >= 11 is 0. The molecule has 37 heavy (non-hydrogen) atoms. The number of fused-ring (bicyclic) bond motifs is 1. The van der Waals surface area contributed by atoms with Gasteiger partial charge < -0.3 is 23.5 Å². The maximum atomic E-state index is 12.8. The standard InChI is InChI=1S/C29H34N2O5Si/c1-33-23-14-15-26-25(18-23)30-28(31(26)21-34-16-17-37(2,3)4)20-35-27-13-9-8-12-24(27)29(32)36-19-22-10-6-5-7-11-22/h5-15,18H,16-17,19-21H2,1-4H3. The highest BCUT2D eigenvalue weighted by Gasteiger charge is 2.18. The summed E-state index contributed by atoms with van der Waals surface area (Å²) in [5.41, 5.74) is 3.02. The van der Waals surface area contributed by atoms with Crippen LogP contribution in [0.2, 0.25) is 25.7 Å². The van der Waals surface area contributed by atoms with E-state index < -0.39 is 14.0 Å². The zero-order valence-corrected chi connectivity index (χ0v) is 22.9. The van der Waals surface area contributed by atoms with Gasteiger partial charge in [0, 0.05) is 20.7 Å². The Balaban J connectivity index is 1.50. The van der Waals surface area contributed by atoms with Crippen LogP contribution >= 0.6 is 0 Å². The number of carbonyl (C=O) groups is 1. The molecule has 0 aliphatic carbocycles. The molecule has 7 nitrogen and oxygen atoms in total. The minimum absolute atomic E-state index is 0.164. The number of para-hydroxylation sites is 1. The van der Waals surface area contributed by atoms with Crippen LogP contribution in [0.5, 0.6) is 11.5 Å².